The van der Waals surface area contributed by atoms with E-state index in [4.69, 9.17) is 4.74 Å². The van der Waals surface area contributed by atoms with Gasteiger partial charge in [-0.05, 0) is 38.1 Å². The number of benzene rings is 1. The van der Waals surface area contributed by atoms with E-state index in [0.717, 1.165) is 30.3 Å². The van der Waals surface area contributed by atoms with Gasteiger partial charge in [0.1, 0.15) is 0 Å². The molecule has 0 saturated carbocycles. The van der Waals surface area contributed by atoms with E-state index in [1.54, 1.807) is 6.92 Å². The van der Waals surface area contributed by atoms with Gasteiger partial charge < -0.3 is 10.1 Å². The summed E-state index contributed by atoms with van der Waals surface area (Å²) in [7, 11) is 0. The molecule has 0 aromatic heterocycles. The maximum absolute atomic E-state index is 12.4. The van der Waals surface area contributed by atoms with Gasteiger partial charge in [-0.2, -0.15) is 13.2 Å². The fourth-order valence-corrected chi connectivity index (χ4v) is 1.39. The second-order valence-corrected chi connectivity index (χ2v) is 4.14. The first kappa shape index (κ1) is 16.7. The summed E-state index contributed by atoms with van der Waals surface area (Å²) in [5.74, 6) is -1.31. The molecular weight excluding hydrogens is 287 g/mol. The number of nitrogens with one attached hydrogen (secondary N) is 1. The van der Waals surface area contributed by atoms with E-state index in [1.807, 2.05) is 0 Å². The Balaban J connectivity index is 2.64. The lowest BCUT2D eigenvalue weighted by Crippen LogP contribution is -2.29. The van der Waals surface area contributed by atoms with Gasteiger partial charge >= 0.3 is 12.1 Å². The Morgan fingerprint density at radius 1 is 1.24 bits per heavy atom. The summed E-state index contributed by atoms with van der Waals surface area (Å²) in [6.45, 7) is 2.98. The lowest BCUT2D eigenvalue weighted by atomic mass is 10.2. The molecule has 1 amide bonds. The number of esters is 1. The molecule has 21 heavy (non-hydrogen) atoms. The number of carbonyl (C=O) groups excluding carboxylic acids is 2. The van der Waals surface area contributed by atoms with E-state index < -0.39 is 29.7 Å². The van der Waals surface area contributed by atoms with Crippen LogP contribution in [0.5, 0.6) is 0 Å². The van der Waals surface area contributed by atoms with Crippen LogP contribution in [0.15, 0.2) is 36.4 Å². The molecule has 1 atom stereocenters. The van der Waals surface area contributed by atoms with Crippen molar-refractivity contribution >= 4 is 17.6 Å². The van der Waals surface area contributed by atoms with Crippen LogP contribution in [-0.2, 0) is 20.5 Å². The minimum atomic E-state index is -4.43. The summed E-state index contributed by atoms with van der Waals surface area (Å²) in [6.07, 6.45) is -2.88. The summed E-state index contributed by atoms with van der Waals surface area (Å²) in [6, 6.07) is 3.96. The Bertz CT molecular complexity index is 535. The molecule has 0 aliphatic heterocycles. The SMILES string of the molecule is C/C=C/C(=O)OC(C)C(=O)Nc1ccc(C(F)(F)F)cc1. The van der Waals surface area contributed by atoms with Crippen molar-refractivity contribution in [2.45, 2.75) is 26.1 Å². The van der Waals surface area contributed by atoms with Crippen LogP contribution in [-0.4, -0.2) is 18.0 Å². The number of halogens is 3. The van der Waals surface area contributed by atoms with Crippen LogP contribution in [0, 0.1) is 0 Å². The van der Waals surface area contributed by atoms with E-state index in [1.165, 1.54) is 13.0 Å². The minimum Gasteiger partial charge on any atom is -0.449 e. The van der Waals surface area contributed by atoms with Crippen molar-refractivity contribution in [3.63, 3.8) is 0 Å². The van der Waals surface area contributed by atoms with Crippen molar-refractivity contribution < 1.29 is 27.5 Å². The van der Waals surface area contributed by atoms with Crippen LogP contribution in [0.1, 0.15) is 19.4 Å². The van der Waals surface area contributed by atoms with E-state index in [2.05, 4.69) is 5.32 Å². The van der Waals surface area contributed by atoms with Gasteiger partial charge in [-0.15, -0.1) is 0 Å². The van der Waals surface area contributed by atoms with E-state index >= 15 is 0 Å². The molecule has 0 spiro atoms. The third kappa shape index (κ3) is 5.29. The first-order valence-corrected chi connectivity index (χ1v) is 6.05. The van der Waals surface area contributed by atoms with Gasteiger partial charge in [-0.1, -0.05) is 6.08 Å². The van der Waals surface area contributed by atoms with Gasteiger partial charge in [-0.25, -0.2) is 4.79 Å². The molecular formula is C14H14F3NO3. The molecule has 1 unspecified atom stereocenters. The number of ether oxygens (including phenoxy) is 1. The Labute approximate surface area is 119 Å². The molecule has 0 heterocycles. The number of alkyl halides is 3. The minimum absolute atomic E-state index is 0.182. The number of allylic oxidation sites excluding steroid dienone is 1. The average molecular weight is 301 g/mol. The number of amides is 1. The Morgan fingerprint density at radius 3 is 2.29 bits per heavy atom. The van der Waals surface area contributed by atoms with Crippen molar-refractivity contribution in [2.75, 3.05) is 5.32 Å². The third-order valence-corrected chi connectivity index (χ3v) is 2.44. The molecule has 0 bridgehead atoms. The highest BCUT2D eigenvalue weighted by atomic mass is 19.4. The van der Waals surface area contributed by atoms with Crippen LogP contribution in [0.4, 0.5) is 18.9 Å². The molecule has 0 fully saturated rings. The third-order valence-electron chi connectivity index (χ3n) is 2.44. The molecule has 0 radical (unpaired) electrons. The maximum atomic E-state index is 12.4. The topological polar surface area (TPSA) is 55.4 Å². The van der Waals surface area contributed by atoms with Gasteiger partial charge in [0.05, 0.1) is 5.56 Å². The monoisotopic (exact) mass is 301 g/mol. The summed E-state index contributed by atoms with van der Waals surface area (Å²) < 4.78 is 41.9. The highest BCUT2D eigenvalue weighted by molar-refractivity contribution is 5.95. The smallest absolute Gasteiger partial charge is 0.416 e. The summed E-state index contributed by atoms with van der Waals surface area (Å²) in [4.78, 5) is 22.9. The van der Waals surface area contributed by atoms with Crippen LogP contribution in [0.25, 0.3) is 0 Å². The predicted molar refractivity (Wildman–Crippen MR) is 70.4 cm³/mol. The fraction of sp³-hybridized carbons (Fsp3) is 0.286. The lowest BCUT2D eigenvalue weighted by molar-refractivity contribution is -0.148. The van der Waals surface area contributed by atoms with Crippen molar-refractivity contribution in [3.8, 4) is 0 Å². The molecule has 1 N–H and O–H groups in total. The molecule has 1 aromatic rings. The maximum Gasteiger partial charge on any atom is 0.416 e. The van der Waals surface area contributed by atoms with E-state index in [0.29, 0.717) is 0 Å². The standard InChI is InChI=1S/C14H14F3NO3/c1-3-4-12(19)21-9(2)13(20)18-11-7-5-10(6-8-11)14(15,16)17/h3-9H,1-2H3,(H,18,20)/b4-3+. The number of hydrogen-bond donors (Lipinski definition) is 1. The zero-order chi connectivity index (χ0) is 16.0. The Hall–Kier alpha value is -2.31. The van der Waals surface area contributed by atoms with Gasteiger partial charge in [0.2, 0.25) is 0 Å². The first-order valence-electron chi connectivity index (χ1n) is 6.05. The molecule has 0 aliphatic rings. The lowest BCUT2D eigenvalue weighted by Gasteiger charge is -2.13. The van der Waals surface area contributed by atoms with Gasteiger partial charge in [0, 0.05) is 11.8 Å². The van der Waals surface area contributed by atoms with Crippen molar-refractivity contribution in [1.29, 1.82) is 0 Å². The number of carbonyl (C=O) groups is 2. The average Bonchev–Trinajstić information content (AvgIpc) is 2.38. The Kier molecular flexibility index (Phi) is 5.52. The molecule has 4 nitrogen and oxygen atoms in total. The van der Waals surface area contributed by atoms with Crippen LogP contribution in [0.2, 0.25) is 0 Å². The second kappa shape index (κ2) is 6.92. The quantitative estimate of drug-likeness (QED) is 0.686. The Morgan fingerprint density at radius 2 is 1.81 bits per heavy atom. The molecule has 7 heteroatoms. The van der Waals surface area contributed by atoms with Gasteiger partial charge in [-0.3, -0.25) is 4.79 Å². The highest BCUT2D eigenvalue weighted by Crippen LogP contribution is 2.29. The second-order valence-electron chi connectivity index (χ2n) is 4.14. The number of anilines is 1. The number of hydrogen-bond acceptors (Lipinski definition) is 3. The predicted octanol–water partition coefficient (Wildman–Crippen LogP) is 3.15. The fourth-order valence-electron chi connectivity index (χ4n) is 1.39. The summed E-state index contributed by atoms with van der Waals surface area (Å²) in [5.41, 5.74) is -0.630. The van der Waals surface area contributed by atoms with Crippen molar-refractivity contribution in [1.82, 2.24) is 0 Å². The molecule has 0 saturated heterocycles. The zero-order valence-electron chi connectivity index (χ0n) is 11.4. The van der Waals surface area contributed by atoms with Crippen LogP contribution >= 0.6 is 0 Å². The zero-order valence-corrected chi connectivity index (χ0v) is 11.4. The van der Waals surface area contributed by atoms with E-state index in [-0.39, 0.29) is 5.69 Å². The van der Waals surface area contributed by atoms with Crippen LogP contribution < -0.4 is 5.32 Å². The van der Waals surface area contributed by atoms with Crippen molar-refractivity contribution in [2.24, 2.45) is 0 Å². The molecule has 1 aromatic carbocycles. The number of rotatable bonds is 4. The van der Waals surface area contributed by atoms with Crippen LogP contribution in [0.3, 0.4) is 0 Å². The van der Waals surface area contributed by atoms with Gasteiger partial charge in [0.25, 0.3) is 5.91 Å². The van der Waals surface area contributed by atoms with E-state index in [9.17, 15) is 22.8 Å². The van der Waals surface area contributed by atoms with Gasteiger partial charge in [0.15, 0.2) is 6.10 Å². The molecule has 1 rings (SSSR count). The van der Waals surface area contributed by atoms with Crippen molar-refractivity contribution in [3.05, 3.63) is 42.0 Å². The largest absolute Gasteiger partial charge is 0.449 e. The normalized spacial score (nSPS) is 13.0. The molecule has 0 aliphatic carbocycles. The summed E-state index contributed by atoms with van der Waals surface area (Å²) in [5, 5.41) is 2.36. The molecule has 114 valence electrons. The summed E-state index contributed by atoms with van der Waals surface area (Å²) >= 11 is 0. The first-order chi connectivity index (χ1) is 9.74. The highest BCUT2D eigenvalue weighted by Gasteiger charge is 2.30.